The van der Waals surface area contributed by atoms with Gasteiger partial charge in [-0.25, -0.2) is 0 Å². The highest BCUT2D eigenvalue weighted by atomic mass is 32.1. The first kappa shape index (κ1) is 27.0. The van der Waals surface area contributed by atoms with Crippen molar-refractivity contribution in [1.29, 1.82) is 0 Å². The van der Waals surface area contributed by atoms with Crippen LogP contribution in [0.1, 0.15) is 64.2 Å². The van der Waals surface area contributed by atoms with E-state index in [2.05, 4.69) is 6.92 Å². The Hall–Kier alpha value is -2.58. The maximum Gasteiger partial charge on any atom is 0.311 e. The molecule has 0 aromatic carbocycles. The van der Waals surface area contributed by atoms with Crippen LogP contribution < -0.4 is 0 Å². The normalized spacial score (nSPS) is 37.5. The monoisotopic (exact) mass is 540 g/mol. The Morgan fingerprint density at radius 3 is 2.68 bits per heavy atom. The molecule has 4 aliphatic rings. The van der Waals surface area contributed by atoms with Crippen LogP contribution in [0.25, 0.3) is 0 Å². The average molecular weight is 541 g/mol. The first-order valence-corrected chi connectivity index (χ1v) is 14.5. The highest BCUT2D eigenvalue weighted by Crippen LogP contribution is 2.68. The van der Waals surface area contributed by atoms with Crippen molar-refractivity contribution in [3.05, 3.63) is 46.2 Å². The van der Waals surface area contributed by atoms with E-state index in [1.807, 2.05) is 30.5 Å². The average Bonchev–Trinajstić information content (AvgIpc) is 3.48. The maximum absolute atomic E-state index is 13.9. The second kappa shape index (κ2) is 9.87. The number of thiophene rings is 1. The molecule has 38 heavy (non-hydrogen) atoms. The molecule has 0 radical (unpaired) electrons. The van der Waals surface area contributed by atoms with Gasteiger partial charge >= 0.3 is 11.9 Å². The van der Waals surface area contributed by atoms with Crippen molar-refractivity contribution in [3.63, 3.8) is 0 Å². The van der Waals surface area contributed by atoms with Gasteiger partial charge in [-0.15, -0.1) is 11.3 Å². The van der Waals surface area contributed by atoms with E-state index in [4.69, 9.17) is 9.47 Å². The van der Waals surface area contributed by atoms with Gasteiger partial charge < -0.3 is 14.6 Å². The molecule has 0 saturated heterocycles. The van der Waals surface area contributed by atoms with Crippen LogP contribution >= 0.6 is 11.3 Å². The molecule has 1 unspecified atom stereocenters. The van der Waals surface area contributed by atoms with Crippen molar-refractivity contribution < 1.29 is 33.8 Å². The predicted molar refractivity (Wildman–Crippen MR) is 141 cm³/mol. The Bertz CT molecular complexity index is 1200. The summed E-state index contributed by atoms with van der Waals surface area (Å²) in [6.07, 6.45) is 7.57. The number of fused-ring (bicyclic) bond motifs is 5. The molecule has 0 amide bonds. The largest absolute Gasteiger partial charge is 0.457 e. The number of hydrogen-bond acceptors (Lipinski definition) is 8. The van der Waals surface area contributed by atoms with Crippen LogP contribution in [0, 0.1) is 28.6 Å². The Balaban J connectivity index is 1.43. The molecule has 1 aromatic rings. The van der Waals surface area contributed by atoms with Gasteiger partial charge in [0.15, 0.2) is 18.0 Å². The third-order valence-corrected chi connectivity index (χ3v) is 10.8. The second-order valence-electron chi connectivity index (χ2n) is 11.7. The minimum absolute atomic E-state index is 0.0170. The predicted octanol–water partition coefficient (Wildman–Crippen LogP) is 4.37. The molecular formula is C30H36O7S. The van der Waals surface area contributed by atoms with E-state index < -0.39 is 46.9 Å². The summed E-state index contributed by atoms with van der Waals surface area (Å²) in [5.74, 6) is -1.37. The minimum Gasteiger partial charge on any atom is -0.457 e. The second-order valence-corrected chi connectivity index (χ2v) is 12.8. The molecule has 3 fully saturated rings. The van der Waals surface area contributed by atoms with Gasteiger partial charge in [0.25, 0.3) is 0 Å². The lowest BCUT2D eigenvalue weighted by Gasteiger charge is -2.59. The van der Waals surface area contributed by atoms with Crippen LogP contribution in [0.15, 0.2) is 41.3 Å². The summed E-state index contributed by atoms with van der Waals surface area (Å²) in [5.41, 5.74) is -1.63. The van der Waals surface area contributed by atoms with E-state index in [1.54, 1.807) is 19.1 Å². The number of aliphatic hydroxyl groups excluding tert-OH is 1. The number of aliphatic hydroxyl groups is 1. The fraction of sp³-hybridized carbons (Fsp3) is 0.600. The Labute approximate surface area is 227 Å². The van der Waals surface area contributed by atoms with E-state index in [-0.39, 0.29) is 42.8 Å². The summed E-state index contributed by atoms with van der Waals surface area (Å²) in [6, 6.07) is 3.69. The molecule has 3 saturated carbocycles. The van der Waals surface area contributed by atoms with E-state index in [0.29, 0.717) is 12.8 Å². The van der Waals surface area contributed by atoms with E-state index in [9.17, 15) is 24.3 Å². The number of allylic oxidation sites excluding steroid dienone is 4. The van der Waals surface area contributed by atoms with Gasteiger partial charge in [-0.1, -0.05) is 38.5 Å². The van der Waals surface area contributed by atoms with Gasteiger partial charge in [-0.3, -0.25) is 19.2 Å². The van der Waals surface area contributed by atoms with Crippen molar-refractivity contribution in [3.8, 4) is 0 Å². The van der Waals surface area contributed by atoms with Crippen LogP contribution in [-0.4, -0.2) is 46.9 Å². The molecule has 7 nitrogen and oxygen atoms in total. The lowest BCUT2D eigenvalue weighted by Crippen LogP contribution is -2.63. The highest BCUT2D eigenvalue weighted by molar-refractivity contribution is 7.10. The van der Waals surface area contributed by atoms with Crippen LogP contribution in [0.4, 0.5) is 0 Å². The summed E-state index contributed by atoms with van der Waals surface area (Å²) in [6.45, 7) is 5.28. The molecule has 0 aliphatic heterocycles. The molecule has 0 bridgehead atoms. The fourth-order valence-corrected chi connectivity index (χ4v) is 8.82. The molecule has 204 valence electrons. The summed E-state index contributed by atoms with van der Waals surface area (Å²) in [5, 5.41) is 13.5. The van der Waals surface area contributed by atoms with Crippen molar-refractivity contribution in [2.24, 2.45) is 28.6 Å². The van der Waals surface area contributed by atoms with Gasteiger partial charge in [0.1, 0.15) is 0 Å². The van der Waals surface area contributed by atoms with Crippen LogP contribution in [0.3, 0.4) is 0 Å². The fourth-order valence-electron chi connectivity index (χ4n) is 8.13. The van der Waals surface area contributed by atoms with Gasteiger partial charge in [-0.2, -0.15) is 0 Å². The molecule has 1 heterocycles. The Morgan fingerprint density at radius 2 is 1.97 bits per heavy atom. The van der Waals surface area contributed by atoms with Crippen LogP contribution in [0.5, 0.6) is 0 Å². The number of ketones is 2. The topological polar surface area (TPSA) is 107 Å². The van der Waals surface area contributed by atoms with Gasteiger partial charge in [0.05, 0.1) is 12.5 Å². The lowest BCUT2D eigenvalue weighted by atomic mass is 9.46. The van der Waals surface area contributed by atoms with E-state index in [0.717, 1.165) is 23.3 Å². The zero-order chi connectivity index (χ0) is 27.3. The summed E-state index contributed by atoms with van der Waals surface area (Å²) in [4.78, 5) is 52.0. The summed E-state index contributed by atoms with van der Waals surface area (Å²) in [7, 11) is 0. The van der Waals surface area contributed by atoms with Gasteiger partial charge in [-0.05, 0) is 67.5 Å². The number of rotatable bonds is 7. The lowest BCUT2D eigenvalue weighted by molar-refractivity contribution is -0.201. The first-order valence-electron chi connectivity index (χ1n) is 13.6. The quantitative estimate of drug-likeness (QED) is 0.512. The van der Waals surface area contributed by atoms with E-state index >= 15 is 0 Å². The van der Waals surface area contributed by atoms with Crippen molar-refractivity contribution in [1.82, 2.24) is 0 Å². The van der Waals surface area contributed by atoms with Gasteiger partial charge in [0.2, 0.25) is 5.78 Å². The smallest absolute Gasteiger partial charge is 0.311 e. The minimum atomic E-state index is -1.46. The molecule has 8 heteroatoms. The van der Waals surface area contributed by atoms with Crippen LogP contribution in [0.2, 0.25) is 0 Å². The molecule has 1 N–H and O–H groups in total. The third-order valence-electron chi connectivity index (χ3n) is 9.91. The Morgan fingerprint density at radius 1 is 1.18 bits per heavy atom. The number of carbonyl (C=O) groups is 4. The molecule has 0 spiro atoms. The number of carbonyl (C=O) groups excluding carboxylic acids is 4. The van der Waals surface area contributed by atoms with Crippen molar-refractivity contribution in [2.75, 3.05) is 6.61 Å². The highest BCUT2D eigenvalue weighted by Gasteiger charge is 2.70. The third kappa shape index (κ3) is 4.20. The standard InChI is InChI=1S/C30H36O7S/c1-4-25(34)37-30(24(33)17-36-26(35)15-20-6-5-13-38-20)12-10-22-21-8-7-18-14-19(31)9-11-28(18,2)27(21)23(32)16-29(22,30)3/h5-6,9,11,13-14,21-23,27,32H,4,7-8,10,12,15-17H2,1-3H3/t21-,22-,23?,27+,28-,29-,30-/m0/s1. The summed E-state index contributed by atoms with van der Waals surface area (Å²) < 4.78 is 11.4. The number of esters is 2. The van der Waals surface area contributed by atoms with Crippen molar-refractivity contribution >= 4 is 34.8 Å². The summed E-state index contributed by atoms with van der Waals surface area (Å²) >= 11 is 1.44. The zero-order valence-corrected chi connectivity index (χ0v) is 23.1. The number of ether oxygens (including phenoxy) is 2. The number of hydrogen-bond donors (Lipinski definition) is 1. The Kier molecular flexibility index (Phi) is 7.01. The molecule has 1 aromatic heterocycles. The first-order chi connectivity index (χ1) is 18.0. The zero-order valence-electron chi connectivity index (χ0n) is 22.2. The SMILES string of the molecule is CCC(=O)O[C@]1(C(=O)COC(=O)Cc2cccs2)CC[C@H]2[C@@H]3CCC4=CC(=O)C=C[C@]4(C)[C@H]3C(O)C[C@@]21C. The molecule has 5 rings (SSSR count). The van der Waals surface area contributed by atoms with Gasteiger partial charge in [0, 0.05) is 28.0 Å². The number of Topliss-reactive ketones (excluding diaryl/α,β-unsaturated/α-hetero) is 1. The van der Waals surface area contributed by atoms with E-state index in [1.165, 1.54) is 11.3 Å². The maximum atomic E-state index is 13.9. The van der Waals surface area contributed by atoms with Crippen LogP contribution in [-0.2, 0) is 35.1 Å². The molecular weight excluding hydrogens is 504 g/mol. The van der Waals surface area contributed by atoms with Crippen molar-refractivity contribution in [2.45, 2.75) is 77.4 Å². The molecule has 7 atom stereocenters. The molecule has 4 aliphatic carbocycles.